The van der Waals surface area contributed by atoms with Crippen molar-refractivity contribution in [2.45, 2.75) is 71.9 Å². The van der Waals surface area contributed by atoms with Crippen LogP contribution in [0, 0.1) is 5.41 Å². The molecule has 0 unspecified atom stereocenters. The molecule has 2 heterocycles. The van der Waals surface area contributed by atoms with E-state index in [4.69, 9.17) is 9.57 Å². The summed E-state index contributed by atoms with van der Waals surface area (Å²) in [5.41, 5.74) is -0.177. The van der Waals surface area contributed by atoms with Crippen LogP contribution in [0.5, 0.6) is 0 Å². The summed E-state index contributed by atoms with van der Waals surface area (Å²) in [6, 6.07) is -0.703. The highest BCUT2D eigenvalue weighted by atomic mass is 16.7. The van der Waals surface area contributed by atoms with Crippen molar-refractivity contribution < 1.29 is 19.2 Å². The number of nitrogens with zero attached hydrogens (tertiary/aromatic N) is 2. The molecule has 0 aromatic carbocycles. The van der Waals surface area contributed by atoms with E-state index in [1.165, 1.54) is 5.06 Å². The number of carbonyl (C=O) groups is 2. The van der Waals surface area contributed by atoms with Gasteiger partial charge in [-0.25, -0.2) is 9.59 Å². The van der Waals surface area contributed by atoms with E-state index in [-0.39, 0.29) is 23.5 Å². The van der Waals surface area contributed by atoms with Gasteiger partial charge in [0.25, 0.3) is 0 Å². The van der Waals surface area contributed by atoms with E-state index in [9.17, 15) is 9.59 Å². The second-order valence-electron chi connectivity index (χ2n) is 7.19. The molecule has 2 amide bonds. The fourth-order valence-corrected chi connectivity index (χ4v) is 3.24. The monoisotopic (exact) mass is 326 g/mol. The van der Waals surface area contributed by atoms with Gasteiger partial charge in [0, 0.05) is 6.54 Å². The third-order valence-electron chi connectivity index (χ3n) is 4.83. The minimum atomic E-state index is -0.495. The van der Waals surface area contributed by atoms with Crippen LogP contribution in [0.1, 0.15) is 59.8 Å². The average Bonchev–Trinajstić information content (AvgIpc) is 2.80. The number of rotatable bonds is 8. The van der Waals surface area contributed by atoms with Crippen LogP contribution in [-0.4, -0.2) is 53.8 Å². The van der Waals surface area contributed by atoms with Crippen molar-refractivity contribution in [2.75, 3.05) is 19.8 Å². The van der Waals surface area contributed by atoms with Gasteiger partial charge in [0.15, 0.2) is 0 Å². The first-order valence-corrected chi connectivity index (χ1v) is 8.81. The summed E-state index contributed by atoms with van der Waals surface area (Å²) in [7, 11) is 0. The minimum absolute atomic E-state index is 0.00783. The molecule has 0 aromatic heterocycles. The van der Waals surface area contributed by atoms with Crippen molar-refractivity contribution in [3.63, 3.8) is 0 Å². The fraction of sp³-hybridized carbons (Fsp3) is 0.882. The van der Waals surface area contributed by atoms with Crippen LogP contribution >= 0.6 is 0 Å². The summed E-state index contributed by atoms with van der Waals surface area (Å²) in [4.78, 5) is 32.4. The van der Waals surface area contributed by atoms with Gasteiger partial charge in [-0.3, -0.25) is 4.84 Å². The smallest absolute Gasteiger partial charge is 0.345 e. The molecule has 0 radical (unpaired) electrons. The van der Waals surface area contributed by atoms with Crippen LogP contribution < -0.4 is 0 Å². The van der Waals surface area contributed by atoms with Crippen molar-refractivity contribution in [3.05, 3.63) is 0 Å². The average molecular weight is 326 g/mol. The van der Waals surface area contributed by atoms with Gasteiger partial charge >= 0.3 is 12.0 Å². The highest BCUT2D eigenvalue weighted by Crippen LogP contribution is 2.42. The molecule has 6 nitrogen and oxygen atoms in total. The van der Waals surface area contributed by atoms with E-state index in [2.05, 4.69) is 27.7 Å². The van der Waals surface area contributed by atoms with Crippen LogP contribution in [0.2, 0.25) is 0 Å². The first-order chi connectivity index (χ1) is 10.9. The summed E-state index contributed by atoms with van der Waals surface area (Å²) in [6.45, 7) is 9.82. The van der Waals surface area contributed by atoms with Crippen molar-refractivity contribution >= 4 is 12.0 Å². The van der Waals surface area contributed by atoms with Gasteiger partial charge in [-0.15, -0.1) is 0 Å². The normalized spacial score (nSPS) is 25.8. The van der Waals surface area contributed by atoms with Crippen molar-refractivity contribution in [1.82, 2.24) is 9.96 Å². The van der Waals surface area contributed by atoms with Crippen molar-refractivity contribution in [3.8, 4) is 0 Å². The van der Waals surface area contributed by atoms with Gasteiger partial charge in [0.05, 0.1) is 19.3 Å². The summed E-state index contributed by atoms with van der Waals surface area (Å²) >= 11 is 0. The number of hydrogen-bond acceptors (Lipinski definition) is 4. The Hall–Kier alpha value is -1.30. The number of hydroxylamine groups is 2. The molecule has 132 valence electrons. The van der Waals surface area contributed by atoms with Gasteiger partial charge < -0.3 is 9.64 Å². The standard InChI is InChI=1S/C17H30N2O4/c1-5-7-9-22-15(20)13-11-17(3,4)14-12-18(13)16(21)19(14)23-10-8-6-2/h13-14H,5-12H2,1-4H3/t13-,14-/m0/s1. The second-order valence-corrected chi connectivity index (χ2v) is 7.19. The Balaban J connectivity index is 2.06. The van der Waals surface area contributed by atoms with E-state index < -0.39 is 6.04 Å². The SMILES string of the molecule is CCCCOC(=O)[C@@H]1CC(C)(C)[C@@H]2CN1C(=O)N2OCCCC. The quantitative estimate of drug-likeness (QED) is 0.508. The van der Waals surface area contributed by atoms with Gasteiger partial charge in [-0.2, -0.15) is 5.06 Å². The molecule has 2 atom stereocenters. The molecule has 6 heteroatoms. The Labute approximate surface area is 139 Å². The second kappa shape index (κ2) is 7.51. The molecule has 2 saturated heterocycles. The van der Waals surface area contributed by atoms with Crippen molar-refractivity contribution in [2.24, 2.45) is 5.41 Å². The molecule has 2 aliphatic rings. The molecular weight excluding hydrogens is 296 g/mol. The number of ether oxygens (including phenoxy) is 1. The highest BCUT2D eigenvalue weighted by molar-refractivity contribution is 5.85. The maximum absolute atomic E-state index is 12.6. The third kappa shape index (κ3) is 3.79. The lowest BCUT2D eigenvalue weighted by molar-refractivity contribution is -0.158. The molecule has 0 N–H and O–H groups in total. The Morgan fingerprint density at radius 1 is 1.22 bits per heavy atom. The van der Waals surface area contributed by atoms with Crippen LogP contribution in [0.3, 0.4) is 0 Å². The zero-order valence-corrected chi connectivity index (χ0v) is 14.8. The molecule has 2 fully saturated rings. The minimum Gasteiger partial charge on any atom is -0.464 e. The zero-order valence-electron chi connectivity index (χ0n) is 14.8. The Morgan fingerprint density at radius 3 is 2.52 bits per heavy atom. The number of fused-ring (bicyclic) bond motifs is 2. The zero-order chi connectivity index (χ0) is 17.0. The van der Waals surface area contributed by atoms with Gasteiger partial charge in [-0.05, 0) is 24.7 Å². The summed E-state index contributed by atoms with van der Waals surface area (Å²) in [5.74, 6) is -0.284. The van der Waals surface area contributed by atoms with E-state index >= 15 is 0 Å². The lowest BCUT2D eigenvalue weighted by Crippen LogP contribution is -2.52. The van der Waals surface area contributed by atoms with E-state index in [1.807, 2.05) is 0 Å². The summed E-state index contributed by atoms with van der Waals surface area (Å²) in [5, 5.41) is 1.50. The van der Waals surface area contributed by atoms with Gasteiger partial charge in [0.2, 0.25) is 0 Å². The maximum atomic E-state index is 12.6. The number of hydrogen-bond donors (Lipinski definition) is 0. The van der Waals surface area contributed by atoms with Gasteiger partial charge in [-0.1, -0.05) is 40.5 Å². The van der Waals surface area contributed by atoms with Crippen molar-refractivity contribution in [1.29, 1.82) is 0 Å². The predicted molar refractivity (Wildman–Crippen MR) is 86.6 cm³/mol. The predicted octanol–water partition coefficient (Wildman–Crippen LogP) is 2.97. The third-order valence-corrected chi connectivity index (χ3v) is 4.83. The number of esters is 1. The van der Waals surface area contributed by atoms with E-state index in [0.717, 1.165) is 25.7 Å². The van der Waals surface area contributed by atoms with E-state index in [0.29, 0.717) is 26.2 Å². The first-order valence-electron chi connectivity index (χ1n) is 8.81. The number of unbranched alkanes of at least 4 members (excludes halogenated alkanes) is 2. The lowest BCUT2D eigenvalue weighted by atomic mass is 9.76. The Bertz CT molecular complexity index is 438. The highest BCUT2D eigenvalue weighted by Gasteiger charge is 2.56. The molecule has 2 aliphatic heterocycles. The molecule has 2 rings (SSSR count). The largest absolute Gasteiger partial charge is 0.464 e. The molecule has 0 saturated carbocycles. The van der Waals surface area contributed by atoms with Crippen LogP contribution in [0.4, 0.5) is 4.79 Å². The Morgan fingerprint density at radius 2 is 1.87 bits per heavy atom. The number of urea groups is 1. The topological polar surface area (TPSA) is 59.1 Å². The number of amides is 2. The fourth-order valence-electron chi connectivity index (χ4n) is 3.24. The molecule has 2 bridgehead atoms. The molecular formula is C17H30N2O4. The van der Waals surface area contributed by atoms with Crippen LogP contribution in [0.25, 0.3) is 0 Å². The van der Waals surface area contributed by atoms with Crippen LogP contribution in [0.15, 0.2) is 0 Å². The summed E-state index contributed by atoms with van der Waals surface area (Å²) in [6.07, 6.45) is 4.38. The van der Waals surface area contributed by atoms with Crippen LogP contribution in [-0.2, 0) is 14.4 Å². The number of carbonyl (C=O) groups excluding carboxylic acids is 2. The van der Waals surface area contributed by atoms with Gasteiger partial charge in [0.1, 0.15) is 6.04 Å². The maximum Gasteiger partial charge on any atom is 0.345 e. The van der Waals surface area contributed by atoms with E-state index in [1.54, 1.807) is 4.90 Å². The first kappa shape index (κ1) is 18.0. The molecule has 0 spiro atoms. The molecule has 0 aliphatic carbocycles. The summed E-state index contributed by atoms with van der Waals surface area (Å²) < 4.78 is 5.36. The Kier molecular flexibility index (Phi) is 5.89. The lowest BCUT2D eigenvalue weighted by Gasteiger charge is -2.40. The number of piperidine rings is 1. The molecule has 0 aromatic rings. The molecule has 23 heavy (non-hydrogen) atoms.